The predicted molar refractivity (Wildman–Crippen MR) is 91.6 cm³/mol. The number of rotatable bonds is 6. The van der Waals surface area contributed by atoms with Crippen LogP contribution in [0.25, 0.3) is 0 Å². The fourth-order valence-corrected chi connectivity index (χ4v) is 2.43. The zero-order valence-electron chi connectivity index (χ0n) is 14.4. The van der Waals surface area contributed by atoms with Gasteiger partial charge in [0.05, 0.1) is 12.2 Å². The van der Waals surface area contributed by atoms with E-state index in [2.05, 4.69) is 33.7 Å². The Labute approximate surface area is 137 Å². The summed E-state index contributed by atoms with van der Waals surface area (Å²) in [5.74, 6) is -0.158. The van der Waals surface area contributed by atoms with Crippen LogP contribution in [0.5, 0.6) is 0 Å². The van der Waals surface area contributed by atoms with Gasteiger partial charge < -0.3 is 10.6 Å². The summed E-state index contributed by atoms with van der Waals surface area (Å²) in [4.78, 5) is 16.1. The maximum Gasteiger partial charge on any atom is 0.270 e. The molecule has 2 heterocycles. The Bertz CT molecular complexity index is 677. The first-order valence-electron chi connectivity index (χ1n) is 7.89. The molecule has 2 N–H and O–H groups in total. The van der Waals surface area contributed by atoms with Crippen LogP contribution >= 0.6 is 0 Å². The zero-order chi connectivity index (χ0) is 17.0. The highest BCUT2D eigenvalue weighted by atomic mass is 16.1. The molecule has 0 aliphatic carbocycles. The summed E-state index contributed by atoms with van der Waals surface area (Å²) in [5, 5.41) is 10.7. The van der Waals surface area contributed by atoms with Crippen molar-refractivity contribution < 1.29 is 4.79 Å². The molecule has 0 aliphatic rings. The van der Waals surface area contributed by atoms with Crippen LogP contribution in [0.4, 0.5) is 5.69 Å². The molecule has 1 atom stereocenters. The van der Waals surface area contributed by atoms with Crippen LogP contribution in [0, 0.1) is 13.8 Å². The third-order valence-corrected chi connectivity index (χ3v) is 3.38. The van der Waals surface area contributed by atoms with Gasteiger partial charge in [0.15, 0.2) is 0 Å². The fourth-order valence-electron chi connectivity index (χ4n) is 2.43. The summed E-state index contributed by atoms with van der Waals surface area (Å²) in [7, 11) is 0. The van der Waals surface area contributed by atoms with Crippen LogP contribution in [0.1, 0.15) is 42.6 Å². The van der Waals surface area contributed by atoms with Gasteiger partial charge >= 0.3 is 0 Å². The minimum atomic E-state index is -0.158. The Hall–Kier alpha value is -2.37. The second kappa shape index (κ2) is 7.26. The Morgan fingerprint density at radius 1 is 1.26 bits per heavy atom. The third kappa shape index (κ3) is 4.81. The number of anilines is 1. The monoisotopic (exact) mass is 315 g/mol. The van der Waals surface area contributed by atoms with Gasteiger partial charge in [-0.3, -0.25) is 14.5 Å². The van der Waals surface area contributed by atoms with Crippen LogP contribution in [0.15, 0.2) is 24.4 Å². The standard InChI is InChI=1S/C17H25N5O/c1-11(2)19-17(23)16-9-15(6-7-18-16)20-13(4)10-22-14(5)8-12(3)21-22/h6-9,11,13H,10H2,1-5H3,(H,18,20)(H,19,23). The maximum absolute atomic E-state index is 12.0. The molecule has 1 unspecified atom stereocenters. The van der Waals surface area contributed by atoms with Crippen LogP contribution < -0.4 is 10.6 Å². The lowest BCUT2D eigenvalue weighted by Crippen LogP contribution is -2.31. The van der Waals surface area contributed by atoms with Gasteiger partial charge in [0.1, 0.15) is 5.69 Å². The van der Waals surface area contributed by atoms with Crippen molar-refractivity contribution in [2.45, 2.75) is 53.2 Å². The minimum Gasteiger partial charge on any atom is -0.381 e. The maximum atomic E-state index is 12.0. The van der Waals surface area contributed by atoms with Gasteiger partial charge in [0, 0.05) is 29.7 Å². The summed E-state index contributed by atoms with van der Waals surface area (Å²) in [5.41, 5.74) is 3.46. The molecule has 0 saturated carbocycles. The van der Waals surface area contributed by atoms with Gasteiger partial charge in [-0.25, -0.2) is 0 Å². The molecule has 6 heteroatoms. The summed E-state index contributed by atoms with van der Waals surface area (Å²) in [6.45, 7) is 10.7. The van der Waals surface area contributed by atoms with E-state index in [4.69, 9.17) is 0 Å². The molecular weight excluding hydrogens is 290 g/mol. The summed E-state index contributed by atoms with van der Waals surface area (Å²) in [6.07, 6.45) is 1.65. The molecule has 0 aliphatic heterocycles. The molecule has 2 rings (SSSR count). The molecule has 2 aromatic rings. The summed E-state index contributed by atoms with van der Waals surface area (Å²) < 4.78 is 1.99. The highest BCUT2D eigenvalue weighted by molar-refractivity contribution is 5.93. The first-order valence-corrected chi connectivity index (χ1v) is 7.89. The number of amides is 1. The first-order chi connectivity index (χ1) is 10.8. The zero-order valence-corrected chi connectivity index (χ0v) is 14.4. The van der Waals surface area contributed by atoms with E-state index >= 15 is 0 Å². The van der Waals surface area contributed by atoms with Crippen molar-refractivity contribution in [2.24, 2.45) is 0 Å². The highest BCUT2D eigenvalue weighted by Gasteiger charge is 2.11. The molecule has 124 valence electrons. The van der Waals surface area contributed by atoms with E-state index in [9.17, 15) is 4.79 Å². The van der Waals surface area contributed by atoms with Gasteiger partial charge in [0.25, 0.3) is 5.91 Å². The van der Waals surface area contributed by atoms with Gasteiger partial charge in [-0.2, -0.15) is 5.10 Å². The van der Waals surface area contributed by atoms with Gasteiger partial charge in [0.2, 0.25) is 0 Å². The van der Waals surface area contributed by atoms with E-state index in [0.717, 1.165) is 23.6 Å². The van der Waals surface area contributed by atoms with Crippen molar-refractivity contribution in [3.05, 3.63) is 41.5 Å². The van der Waals surface area contributed by atoms with Crippen LogP contribution in [-0.4, -0.2) is 32.8 Å². The number of pyridine rings is 1. The van der Waals surface area contributed by atoms with E-state index in [1.165, 1.54) is 0 Å². The number of aryl methyl sites for hydroxylation is 2. The second-order valence-electron chi connectivity index (χ2n) is 6.21. The molecule has 0 radical (unpaired) electrons. The number of hydrogen-bond donors (Lipinski definition) is 2. The summed E-state index contributed by atoms with van der Waals surface area (Å²) >= 11 is 0. The minimum absolute atomic E-state index is 0.0888. The predicted octanol–water partition coefficient (Wildman–Crippen LogP) is 2.53. The van der Waals surface area contributed by atoms with E-state index in [0.29, 0.717) is 5.69 Å². The Morgan fingerprint density at radius 2 is 2.00 bits per heavy atom. The Balaban J connectivity index is 2.02. The largest absolute Gasteiger partial charge is 0.381 e. The lowest BCUT2D eigenvalue weighted by Gasteiger charge is -2.17. The molecule has 0 saturated heterocycles. The van der Waals surface area contributed by atoms with Crippen molar-refractivity contribution in [3.63, 3.8) is 0 Å². The van der Waals surface area contributed by atoms with Crippen molar-refractivity contribution in [1.82, 2.24) is 20.1 Å². The SMILES string of the molecule is Cc1cc(C)n(CC(C)Nc2ccnc(C(=O)NC(C)C)c2)n1. The van der Waals surface area contributed by atoms with Crippen molar-refractivity contribution in [1.29, 1.82) is 0 Å². The van der Waals surface area contributed by atoms with Crippen LogP contribution in [0.3, 0.4) is 0 Å². The van der Waals surface area contributed by atoms with Crippen LogP contribution in [0.2, 0.25) is 0 Å². The molecule has 0 fully saturated rings. The number of carbonyl (C=O) groups excluding carboxylic acids is 1. The summed E-state index contributed by atoms with van der Waals surface area (Å²) in [6, 6.07) is 5.97. The van der Waals surface area contributed by atoms with E-state index in [1.807, 2.05) is 38.4 Å². The average molecular weight is 315 g/mol. The lowest BCUT2D eigenvalue weighted by atomic mass is 10.2. The Kier molecular flexibility index (Phi) is 5.36. The number of nitrogens with zero attached hydrogens (tertiary/aromatic N) is 3. The van der Waals surface area contributed by atoms with E-state index in [-0.39, 0.29) is 18.0 Å². The van der Waals surface area contributed by atoms with E-state index in [1.54, 1.807) is 12.3 Å². The number of hydrogen-bond acceptors (Lipinski definition) is 4. The number of aromatic nitrogens is 3. The molecule has 6 nitrogen and oxygen atoms in total. The Morgan fingerprint density at radius 3 is 2.61 bits per heavy atom. The first kappa shape index (κ1) is 17.0. The van der Waals surface area contributed by atoms with Crippen molar-refractivity contribution in [2.75, 3.05) is 5.32 Å². The molecule has 1 amide bonds. The van der Waals surface area contributed by atoms with Gasteiger partial charge in [-0.05, 0) is 52.8 Å². The molecule has 0 aromatic carbocycles. The second-order valence-corrected chi connectivity index (χ2v) is 6.21. The molecule has 0 bridgehead atoms. The quantitative estimate of drug-likeness (QED) is 0.859. The lowest BCUT2D eigenvalue weighted by molar-refractivity contribution is 0.0938. The van der Waals surface area contributed by atoms with Gasteiger partial charge in [-0.1, -0.05) is 0 Å². The average Bonchev–Trinajstić information content (AvgIpc) is 2.76. The highest BCUT2D eigenvalue weighted by Crippen LogP contribution is 2.11. The fraction of sp³-hybridized carbons (Fsp3) is 0.471. The normalized spacial score (nSPS) is 12.3. The third-order valence-electron chi connectivity index (χ3n) is 3.38. The van der Waals surface area contributed by atoms with Gasteiger partial charge in [-0.15, -0.1) is 0 Å². The number of nitrogens with one attached hydrogen (secondary N) is 2. The molecule has 0 spiro atoms. The van der Waals surface area contributed by atoms with Crippen molar-refractivity contribution in [3.8, 4) is 0 Å². The molecular formula is C17H25N5O. The number of carbonyl (C=O) groups is 1. The van der Waals surface area contributed by atoms with E-state index < -0.39 is 0 Å². The van der Waals surface area contributed by atoms with Crippen molar-refractivity contribution >= 4 is 11.6 Å². The topological polar surface area (TPSA) is 71.8 Å². The molecule has 2 aromatic heterocycles. The smallest absolute Gasteiger partial charge is 0.270 e. The molecule has 23 heavy (non-hydrogen) atoms. The van der Waals surface area contributed by atoms with Crippen LogP contribution in [-0.2, 0) is 6.54 Å².